The molecule has 0 aliphatic heterocycles. The van der Waals surface area contributed by atoms with Crippen LogP contribution in [0.5, 0.6) is 34.5 Å². The van der Waals surface area contributed by atoms with Gasteiger partial charge >= 0.3 is 0 Å². The number of nitrogens with zero attached hydrogens (tertiary/aromatic N) is 8. The summed E-state index contributed by atoms with van der Waals surface area (Å²) >= 11 is 18.6. The third-order valence-electron chi connectivity index (χ3n) is 6.21. The number of benzene rings is 3. The third-order valence-corrected chi connectivity index (χ3v) is 8.18. The minimum Gasteiger partial charge on any atom is -0.493 e. The monoisotopic (exact) mass is 906 g/mol. The molecule has 0 aliphatic carbocycles. The fraction of sp³-hybridized carbons (Fsp3) is 0.150. The summed E-state index contributed by atoms with van der Waals surface area (Å²) in [6.07, 6.45) is -2.87. The zero-order valence-corrected chi connectivity index (χ0v) is 31.2. The number of halogens is 3. The number of rotatable bonds is 11. The molecule has 19 heteroatoms. The molecule has 0 unspecified atom stereocenters. The second kappa shape index (κ2) is 18.6. The maximum Gasteiger partial charge on any atom is 0.263 e. The highest BCUT2D eigenvalue weighted by Crippen LogP contribution is 2.41. The SMILES string of the molecule is [2H]c1nc(-c2nc(Cl)c(Oc3c([2H])c([2H])c([2H])c([2H])c3OC([2H])([2H])[2H])c(Cl)n2)nc([2H])c1[2H].[2H]c1nc(-c2nc(Cl)c(Oc3c([2H])c([2H])c([2H])c([2H])c3OC([2H])([2H])[2H])c(NS(=O)(=O)c3c([2H])c([2H])c(C(C([2H])([2H])[2H])(C([2H])([2H])[2H])C([2H])([2H])[2H])c([2H])c3[2H])n2)nc([2H])c1[2H]. The Bertz CT molecular complexity index is 4140. The van der Waals surface area contributed by atoms with E-state index in [2.05, 4.69) is 39.9 Å². The largest absolute Gasteiger partial charge is 0.493 e. The van der Waals surface area contributed by atoms with E-state index in [4.69, 9.17) is 99.0 Å². The lowest BCUT2D eigenvalue weighted by molar-refractivity contribution is 0.378. The van der Waals surface area contributed by atoms with Gasteiger partial charge in [-0.3, -0.25) is 4.72 Å². The first-order valence-electron chi connectivity index (χ1n) is 31.3. The van der Waals surface area contributed by atoms with Gasteiger partial charge in [0.25, 0.3) is 10.0 Å². The highest BCUT2D eigenvalue weighted by Gasteiger charge is 2.25. The highest BCUT2D eigenvalue weighted by atomic mass is 35.5. The van der Waals surface area contributed by atoms with Gasteiger partial charge in [0.05, 0.1) is 51.9 Å². The second-order valence-electron chi connectivity index (χ2n) is 10.0. The summed E-state index contributed by atoms with van der Waals surface area (Å²) in [7, 11) is -12.2. The van der Waals surface area contributed by atoms with Crippen LogP contribution >= 0.6 is 34.8 Å². The number of para-hydroxylation sites is 4. The van der Waals surface area contributed by atoms with Crippen LogP contribution in [-0.4, -0.2) is 62.4 Å². The Morgan fingerprint density at radius 3 is 1.49 bits per heavy atom. The van der Waals surface area contributed by atoms with E-state index in [9.17, 15) is 8.42 Å². The van der Waals surface area contributed by atoms with Crippen LogP contribution in [0.3, 0.4) is 0 Å². The van der Waals surface area contributed by atoms with Gasteiger partial charge in [-0.25, -0.2) is 48.3 Å². The predicted octanol–water partition coefficient (Wildman–Crippen LogP) is 9.53. The van der Waals surface area contributed by atoms with Gasteiger partial charge in [-0.15, -0.1) is 0 Å². The zero-order chi connectivity index (χ0) is 70.3. The second-order valence-corrected chi connectivity index (χ2v) is 12.7. The van der Waals surface area contributed by atoms with Crippen molar-refractivity contribution in [3.8, 4) is 57.8 Å². The molecule has 15 nitrogen and oxygen atoms in total. The summed E-state index contributed by atoms with van der Waals surface area (Å²) in [6.45, 7) is -12.3. The normalized spacial score (nSPS) is 20.3. The zero-order valence-electron chi connectivity index (χ0n) is 61.1. The predicted molar refractivity (Wildman–Crippen MR) is 223 cm³/mol. The maximum absolute atomic E-state index is 14.1. The molecule has 0 bridgehead atoms. The molecule has 0 aliphatic rings. The van der Waals surface area contributed by atoms with Crippen molar-refractivity contribution < 1.29 is 72.6 Å². The van der Waals surface area contributed by atoms with E-state index < -0.39 is 237 Å². The van der Waals surface area contributed by atoms with Crippen LogP contribution in [-0.2, 0) is 15.4 Å². The topological polar surface area (TPSA) is 186 Å². The van der Waals surface area contributed by atoms with Crippen LogP contribution in [0.25, 0.3) is 23.3 Å². The number of anilines is 1. The van der Waals surface area contributed by atoms with Gasteiger partial charge in [-0.1, -0.05) is 91.6 Å². The third kappa shape index (κ3) is 10.5. The molecule has 0 saturated heterocycles. The van der Waals surface area contributed by atoms with E-state index in [1.807, 2.05) is 0 Å². The summed E-state index contributed by atoms with van der Waals surface area (Å²) in [5.74, 6) is -9.16. The van der Waals surface area contributed by atoms with E-state index in [0.717, 1.165) is 0 Å². The van der Waals surface area contributed by atoms with Crippen molar-refractivity contribution in [2.24, 2.45) is 0 Å². The first-order chi connectivity index (χ1) is 41.7. The molecule has 0 atom stereocenters. The van der Waals surface area contributed by atoms with Gasteiger partial charge in [0.2, 0.25) is 23.1 Å². The molecule has 0 radical (unpaired) electrons. The minimum absolute atomic E-state index is 0.326. The molecule has 4 aromatic heterocycles. The maximum atomic E-state index is 14.1. The van der Waals surface area contributed by atoms with Gasteiger partial charge in [-0.05, 0) is 59.3 Å². The van der Waals surface area contributed by atoms with Crippen molar-refractivity contribution in [3.05, 3.63) is 130 Å². The number of aromatic nitrogens is 8. The average Bonchev–Trinajstić information content (AvgIpc) is 0.695. The standard InChI is InChI=1S/C25H24ClN5O4S.C15H10Cl2N4O2/c1-25(2,3)16-10-12-17(13-11-16)36(32,33)31-22-20(35-19-9-6-5-8-18(19)34-4)21(26)29-24(30-22)23-27-14-7-15-28-23;1-22-9-5-2-3-6-10(9)23-11-12(16)20-15(21-13(11)17)14-18-7-4-8-19-14/h5-15H,1-4H3,(H,29,30,31);2-8H,1H3/i1D3,2D3,3D3,4D3,5D,6D,7D,8D,9D,10D,11D,12D,13D,14D,15D;1D3,2D,3D,4D,5D,6D,7D,8D. The van der Waals surface area contributed by atoms with Crippen LogP contribution in [0.2, 0.25) is 15.5 Å². The van der Waals surface area contributed by atoms with E-state index in [-0.39, 0.29) is 11.6 Å². The molecule has 0 spiro atoms. The van der Waals surface area contributed by atoms with E-state index >= 15 is 0 Å². The fourth-order valence-electron chi connectivity index (χ4n) is 3.76. The van der Waals surface area contributed by atoms with Crippen LogP contribution in [0.4, 0.5) is 5.82 Å². The summed E-state index contributed by atoms with van der Waals surface area (Å²) in [4.78, 5) is 28.2. The van der Waals surface area contributed by atoms with E-state index in [0.29, 0.717) is 0 Å². The minimum atomic E-state index is -5.75. The van der Waals surface area contributed by atoms with Gasteiger partial charge in [-0.2, -0.15) is 0 Å². The smallest absolute Gasteiger partial charge is 0.263 e. The first-order valence-corrected chi connectivity index (χ1v) is 17.4. The van der Waals surface area contributed by atoms with Crippen molar-refractivity contribution in [1.82, 2.24) is 39.9 Å². The number of methoxy groups -OCH3 is 2. The molecule has 0 saturated carbocycles. The van der Waals surface area contributed by atoms with E-state index in [1.165, 1.54) is 0 Å². The Morgan fingerprint density at radius 2 is 1.02 bits per heavy atom. The number of ether oxygens (including phenoxy) is 4. The number of sulfonamides is 1. The van der Waals surface area contributed by atoms with Gasteiger partial charge in [0.15, 0.2) is 55.9 Å². The van der Waals surface area contributed by atoms with Crippen LogP contribution in [0.1, 0.15) is 71.4 Å². The Hall–Kier alpha value is -6.20. The van der Waals surface area contributed by atoms with Gasteiger partial charge in [0, 0.05) is 37.0 Å². The van der Waals surface area contributed by atoms with Crippen LogP contribution in [0.15, 0.2) is 114 Å². The Kier molecular flexibility index (Phi) is 5.41. The van der Waals surface area contributed by atoms with Crippen molar-refractivity contribution in [3.63, 3.8) is 0 Å². The first kappa shape index (κ1) is 17.2. The van der Waals surface area contributed by atoms with Crippen molar-refractivity contribution in [2.45, 2.75) is 30.9 Å². The molecule has 1 N–H and O–H groups in total. The molecular weight excluding hydrogens is 841 g/mol. The highest BCUT2D eigenvalue weighted by molar-refractivity contribution is 7.92. The summed E-state index contributed by atoms with van der Waals surface area (Å²) in [6, 6.07) is -15.6. The molecule has 0 amide bonds. The molecule has 3 aromatic carbocycles. The Morgan fingerprint density at radius 1 is 0.576 bits per heavy atom. The Labute approximate surface area is 401 Å². The van der Waals surface area contributed by atoms with Crippen molar-refractivity contribution >= 4 is 50.6 Å². The molecule has 7 rings (SSSR count). The van der Waals surface area contributed by atoms with Crippen LogP contribution < -0.4 is 23.7 Å². The lowest BCUT2D eigenvalue weighted by Gasteiger charge is -2.19. The summed E-state index contributed by atoms with van der Waals surface area (Å²) in [5, 5.41) is -2.02. The number of hydrogen-bond acceptors (Lipinski definition) is 14. The fourth-order valence-corrected chi connectivity index (χ4v) is 5.30. The van der Waals surface area contributed by atoms with Gasteiger partial charge in [0.1, 0.15) is 0 Å². The number of hydrogen-bond donors (Lipinski definition) is 1. The number of nitrogens with one attached hydrogen (secondary N) is 1. The van der Waals surface area contributed by atoms with E-state index in [1.54, 1.807) is 4.72 Å². The lowest BCUT2D eigenvalue weighted by atomic mass is 9.87. The summed E-state index contributed by atoms with van der Waals surface area (Å²) < 4.78 is 310. The molecule has 0 fully saturated rings. The van der Waals surface area contributed by atoms with Gasteiger partial charge < -0.3 is 18.9 Å². The summed E-state index contributed by atoms with van der Waals surface area (Å²) in [5.41, 5.74) is -5.85. The molecule has 302 valence electrons. The molecule has 4 heterocycles. The average molecular weight is 908 g/mol. The van der Waals surface area contributed by atoms with Crippen LogP contribution in [0, 0.1) is 0 Å². The lowest BCUT2D eigenvalue weighted by Crippen LogP contribution is -2.17. The molecule has 7 aromatic rings. The quantitative estimate of drug-likeness (QED) is 0.121. The molecular formula is C40H34Cl3N9O6S. The molecule has 59 heavy (non-hydrogen) atoms. The van der Waals surface area contributed by atoms with Crippen molar-refractivity contribution in [1.29, 1.82) is 0 Å². The van der Waals surface area contributed by atoms with Crippen molar-refractivity contribution in [2.75, 3.05) is 18.8 Å². The Balaban J connectivity index is 0.000000343.